The third-order valence-electron chi connectivity index (χ3n) is 4.17. The minimum Gasteiger partial charge on any atom is -0.496 e. The van der Waals surface area contributed by atoms with Crippen LogP contribution in [0.25, 0.3) is 0 Å². The molecule has 0 saturated carbocycles. The van der Waals surface area contributed by atoms with Crippen molar-refractivity contribution in [3.05, 3.63) is 77.7 Å². The van der Waals surface area contributed by atoms with Gasteiger partial charge in [-0.15, -0.1) is 0 Å². The van der Waals surface area contributed by atoms with Gasteiger partial charge in [0, 0.05) is 23.9 Å². The third kappa shape index (κ3) is 4.82. The highest BCUT2D eigenvalue weighted by atomic mass is 16.5. The molecule has 3 rings (SSSR count). The number of hydrogen-bond donors (Lipinski definition) is 2. The number of carbonyl (C=O) groups is 1. The first-order chi connectivity index (χ1) is 13.2. The number of ether oxygens (including phenoxy) is 1. The summed E-state index contributed by atoms with van der Waals surface area (Å²) in [6.07, 6.45) is 2.37. The lowest BCUT2D eigenvalue weighted by Crippen LogP contribution is -2.24. The SMILES string of the molecule is CCc1ccc(Nc2cc(C(=O)NCc3ccccc3OC)ncn2)cc1. The summed E-state index contributed by atoms with van der Waals surface area (Å²) in [5, 5.41) is 6.05. The average Bonchev–Trinajstić information content (AvgIpc) is 2.73. The maximum absolute atomic E-state index is 12.4. The van der Waals surface area contributed by atoms with Gasteiger partial charge in [0.25, 0.3) is 5.91 Å². The number of benzene rings is 2. The molecule has 2 aromatic carbocycles. The minimum atomic E-state index is -0.271. The van der Waals surface area contributed by atoms with Gasteiger partial charge in [-0.2, -0.15) is 0 Å². The molecule has 0 aliphatic rings. The van der Waals surface area contributed by atoms with E-state index in [1.807, 2.05) is 36.4 Å². The van der Waals surface area contributed by atoms with Gasteiger partial charge in [-0.3, -0.25) is 4.79 Å². The molecule has 0 fully saturated rings. The molecule has 0 aliphatic carbocycles. The third-order valence-corrected chi connectivity index (χ3v) is 4.17. The molecule has 1 heterocycles. The van der Waals surface area contributed by atoms with Crippen molar-refractivity contribution in [3.8, 4) is 5.75 Å². The molecule has 0 spiro atoms. The van der Waals surface area contributed by atoms with Crippen molar-refractivity contribution in [1.82, 2.24) is 15.3 Å². The lowest BCUT2D eigenvalue weighted by atomic mass is 10.1. The van der Waals surface area contributed by atoms with Crippen molar-refractivity contribution in [3.63, 3.8) is 0 Å². The van der Waals surface area contributed by atoms with Gasteiger partial charge >= 0.3 is 0 Å². The number of carbonyl (C=O) groups excluding carboxylic acids is 1. The molecule has 0 saturated heterocycles. The number of nitrogens with one attached hydrogen (secondary N) is 2. The number of rotatable bonds is 7. The molecule has 27 heavy (non-hydrogen) atoms. The van der Waals surface area contributed by atoms with E-state index in [0.29, 0.717) is 18.1 Å². The predicted octanol–water partition coefficient (Wildman–Crippen LogP) is 3.72. The van der Waals surface area contributed by atoms with E-state index in [2.05, 4.69) is 39.7 Å². The number of para-hydroxylation sites is 1. The van der Waals surface area contributed by atoms with Gasteiger partial charge in [-0.1, -0.05) is 37.3 Å². The zero-order chi connectivity index (χ0) is 19.1. The molecule has 1 aromatic heterocycles. The van der Waals surface area contributed by atoms with Crippen LogP contribution in [0.5, 0.6) is 5.75 Å². The van der Waals surface area contributed by atoms with E-state index in [0.717, 1.165) is 23.4 Å². The van der Waals surface area contributed by atoms with Gasteiger partial charge in [0.15, 0.2) is 0 Å². The van der Waals surface area contributed by atoms with Crippen LogP contribution in [0.1, 0.15) is 28.5 Å². The Morgan fingerprint density at radius 1 is 1.07 bits per heavy atom. The molecular weight excluding hydrogens is 340 g/mol. The Bertz CT molecular complexity index is 910. The van der Waals surface area contributed by atoms with Crippen LogP contribution < -0.4 is 15.4 Å². The lowest BCUT2D eigenvalue weighted by Gasteiger charge is -2.10. The van der Waals surface area contributed by atoms with Gasteiger partial charge in [-0.25, -0.2) is 9.97 Å². The second-order valence-electron chi connectivity index (χ2n) is 5.96. The predicted molar refractivity (Wildman–Crippen MR) is 105 cm³/mol. The first-order valence-electron chi connectivity index (χ1n) is 8.77. The van der Waals surface area contributed by atoms with Crippen molar-refractivity contribution in [2.24, 2.45) is 0 Å². The molecule has 2 N–H and O–H groups in total. The molecule has 3 aromatic rings. The highest BCUT2D eigenvalue weighted by molar-refractivity contribution is 5.93. The standard InChI is InChI=1S/C21H22N4O2/c1-3-15-8-10-17(11-9-15)25-20-12-18(23-14-24-20)21(26)22-13-16-6-4-5-7-19(16)27-2/h4-12,14H,3,13H2,1-2H3,(H,22,26)(H,23,24,25). The van der Waals surface area contributed by atoms with E-state index >= 15 is 0 Å². The largest absolute Gasteiger partial charge is 0.496 e. The van der Waals surface area contributed by atoms with Crippen LogP contribution in [-0.2, 0) is 13.0 Å². The van der Waals surface area contributed by atoms with Gasteiger partial charge in [-0.05, 0) is 30.2 Å². The van der Waals surface area contributed by atoms with Crippen LogP contribution in [-0.4, -0.2) is 23.0 Å². The molecule has 0 aliphatic heterocycles. The zero-order valence-electron chi connectivity index (χ0n) is 15.4. The highest BCUT2D eigenvalue weighted by Crippen LogP contribution is 2.18. The summed E-state index contributed by atoms with van der Waals surface area (Å²) in [6.45, 7) is 2.47. The van der Waals surface area contributed by atoms with Crippen molar-refractivity contribution in [2.75, 3.05) is 12.4 Å². The zero-order valence-corrected chi connectivity index (χ0v) is 15.4. The molecule has 0 atom stereocenters. The quantitative estimate of drug-likeness (QED) is 0.670. The van der Waals surface area contributed by atoms with Crippen LogP contribution in [0.3, 0.4) is 0 Å². The number of aromatic nitrogens is 2. The van der Waals surface area contributed by atoms with Crippen molar-refractivity contribution < 1.29 is 9.53 Å². The Labute approximate surface area is 158 Å². The fourth-order valence-electron chi connectivity index (χ4n) is 2.64. The first-order valence-corrected chi connectivity index (χ1v) is 8.77. The molecule has 6 nitrogen and oxygen atoms in total. The Morgan fingerprint density at radius 3 is 2.59 bits per heavy atom. The summed E-state index contributed by atoms with van der Waals surface area (Å²) < 4.78 is 5.30. The van der Waals surface area contributed by atoms with Crippen molar-refractivity contribution in [1.29, 1.82) is 0 Å². The molecule has 138 valence electrons. The summed E-state index contributed by atoms with van der Waals surface area (Å²) in [5.74, 6) is 1.03. The number of amides is 1. The number of hydrogen-bond acceptors (Lipinski definition) is 5. The fourth-order valence-corrected chi connectivity index (χ4v) is 2.64. The van der Waals surface area contributed by atoms with Crippen LogP contribution in [0.4, 0.5) is 11.5 Å². The van der Waals surface area contributed by atoms with E-state index in [9.17, 15) is 4.79 Å². The smallest absolute Gasteiger partial charge is 0.270 e. The first kappa shape index (κ1) is 18.4. The fraction of sp³-hybridized carbons (Fsp3) is 0.190. The summed E-state index contributed by atoms with van der Waals surface area (Å²) in [7, 11) is 1.61. The minimum absolute atomic E-state index is 0.271. The number of anilines is 2. The molecular formula is C21H22N4O2. The molecule has 0 radical (unpaired) electrons. The van der Waals surface area contributed by atoms with Gasteiger partial charge in [0.1, 0.15) is 23.6 Å². The Morgan fingerprint density at radius 2 is 1.85 bits per heavy atom. The number of nitrogens with zero attached hydrogens (tertiary/aromatic N) is 2. The maximum atomic E-state index is 12.4. The maximum Gasteiger partial charge on any atom is 0.270 e. The summed E-state index contributed by atoms with van der Waals surface area (Å²) >= 11 is 0. The summed E-state index contributed by atoms with van der Waals surface area (Å²) in [6, 6.07) is 17.3. The van der Waals surface area contributed by atoms with E-state index < -0.39 is 0 Å². The Balaban J connectivity index is 1.66. The van der Waals surface area contributed by atoms with Crippen molar-refractivity contribution in [2.45, 2.75) is 19.9 Å². The van der Waals surface area contributed by atoms with E-state index in [-0.39, 0.29) is 5.91 Å². The lowest BCUT2D eigenvalue weighted by molar-refractivity contribution is 0.0945. The van der Waals surface area contributed by atoms with Crippen molar-refractivity contribution >= 4 is 17.4 Å². The van der Waals surface area contributed by atoms with Gasteiger partial charge in [0.2, 0.25) is 0 Å². The Kier molecular flexibility index (Phi) is 5.99. The summed E-state index contributed by atoms with van der Waals surface area (Å²) in [4.78, 5) is 20.7. The number of methoxy groups -OCH3 is 1. The number of aryl methyl sites for hydroxylation is 1. The van der Waals surface area contributed by atoms with Crippen LogP contribution >= 0.6 is 0 Å². The molecule has 1 amide bonds. The topological polar surface area (TPSA) is 76.1 Å². The van der Waals surface area contributed by atoms with E-state index in [1.54, 1.807) is 13.2 Å². The Hall–Kier alpha value is -3.41. The van der Waals surface area contributed by atoms with Gasteiger partial charge in [0.05, 0.1) is 7.11 Å². The van der Waals surface area contributed by atoms with Crippen LogP contribution in [0.15, 0.2) is 60.9 Å². The van der Waals surface area contributed by atoms with Crippen LogP contribution in [0, 0.1) is 0 Å². The molecule has 0 unspecified atom stereocenters. The second kappa shape index (κ2) is 8.80. The summed E-state index contributed by atoms with van der Waals surface area (Å²) in [5.41, 5.74) is 3.37. The highest BCUT2D eigenvalue weighted by Gasteiger charge is 2.10. The average molecular weight is 362 g/mol. The molecule has 0 bridgehead atoms. The van der Waals surface area contributed by atoms with E-state index in [1.165, 1.54) is 11.9 Å². The molecule has 6 heteroatoms. The normalized spacial score (nSPS) is 10.3. The van der Waals surface area contributed by atoms with Crippen LogP contribution in [0.2, 0.25) is 0 Å². The monoisotopic (exact) mass is 362 g/mol. The second-order valence-corrected chi connectivity index (χ2v) is 5.96. The van der Waals surface area contributed by atoms with E-state index in [4.69, 9.17) is 4.74 Å². The van der Waals surface area contributed by atoms with Gasteiger partial charge < -0.3 is 15.4 Å².